The summed E-state index contributed by atoms with van der Waals surface area (Å²) < 4.78 is 7.61. The predicted molar refractivity (Wildman–Crippen MR) is 101 cm³/mol. The Morgan fingerprint density at radius 2 is 2.25 bits per heavy atom. The largest absolute Gasteiger partial charge is 0.364 e. The van der Waals surface area contributed by atoms with E-state index in [0.29, 0.717) is 19.6 Å². The molecule has 1 N–H and O–H groups in total. The van der Waals surface area contributed by atoms with Gasteiger partial charge >= 0.3 is 0 Å². The third kappa shape index (κ3) is 2.95. The molecule has 2 amide bonds. The van der Waals surface area contributed by atoms with Crippen molar-refractivity contribution >= 4 is 17.6 Å². The van der Waals surface area contributed by atoms with Crippen molar-refractivity contribution in [1.82, 2.24) is 25.1 Å². The van der Waals surface area contributed by atoms with Gasteiger partial charge in [0.2, 0.25) is 5.82 Å². The second-order valence-electron chi connectivity index (χ2n) is 7.52. The molecule has 9 heteroatoms. The highest BCUT2D eigenvalue weighted by Crippen LogP contribution is 2.36. The van der Waals surface area contributed by atoms with Gasteiger partial charge in [0.15, 0.2) is 0 Å². The lowest BCUT2D eigenvalue weighted by atomic mass is 9.98. The lowest BCUT2D eigenvalue weighted by Crippen LogP contribution is -2.47. The van der Waals surface area contributed by atoms with Crippen LogP contribution in [0.2, 0.25) is 0 Å². The van der Waals surface area contributed by atoms with E-state index in [0.717, 1.165) is 29.2 Å². The molecule has 0 aliphatic carbocycles. The SMILES string of the molecule is CC[C@]1(C)OCc2cnc(C(=O)N[C@H]3CCn4nc(C)cc4N(C)C3=O)nc21. The molecule has 2 aliphatic heterocycles. The van der Waals surface area contributed by atoms with Crippen molar-refractivity contribution in [2.24, 2.45) is 0 Å². The highest BCUT2D eigenvalue weighted by atomic mass is 16.5. The normalized spacial score (nSPS) is 23.9. The minimum absolute atomic E-state index is 0.0530. The maximum Gasteiger partial charge on any atom is 0.289 e. The second kappa shape index (κ2) is 6.66. The average molecular weight is 384 g/mol. The quantitative estimate of drug-likeness (QED) is 0.856. The number of hydrogen-bond acceptors (Lipinski definition) is 6. The zero-order valence-electron chi connectivity index (χ0n) is 16.5. The Balaban J connectivity index is 1.54. The molecule has 2 atom stereocenters. The number of likely N-dealkylation sites (N-methyl/N-ethyl adjacent to an activating group) is 1. The van der Waals surface area contributed by atoms with E-state index in [2.05, 4.69) is 20.4 Å². The van der Waals surface area contributed by atoms with Crippen molar-refractivity contribution in [3.8, 4) is 0 Å². The molecule has 2 aromatic rings. The number of amides is 2. The van der Waals surface area contributed by atoms with E-state index in [-0.39, 0.29) is 11.7 Å². The molecule has 0 fully saturated rings. The van der Waals surface area contributed by atoms with Crippen LogP contribution in [0, 0.1) is 6.92 Å². The Bertz CT molecular complexity index is 955. The Hall–Kier alpha value is -2.81. The van der Waals surface area contributed by atoms with Crippen LogP contribution in [0.25, 0.3) is 0 Å². The monoisotopic (exact) mass is 384 g/mol. The molecule has 4 heterocycles. The molecule has 28 heavy (non-hydrogen) atoms. The molecule has 0 unspecified atom stereocenters. The zero-order chi connectivity index (χ0) is 20.1. The number of hydrogen-bond donors (Lipinski definition) is 1. The van der Waals surface area contributed by atoms with Gasteiger partial charge in [0.05, 0.1) is 18.0 Å². The topological polar surface area (TPSA) is 102 Å². The van der Waals surface area contributed by atoms with E-state index in [1.54, 1.807) is 17.9 Å². The van der Waals surface area contributed by atoms with Crippen LogP contribution in [0.4, 0.5) is 5.82 Å². The number of ether oxygens (including phenoxy) is 1. The summed E-state index contributed by atoms with van der Waals surface area (Å²) in [5.74, 6) is 0.131. The number of aromatic nitrogens is 4. The lowest BCUT2D eigenvalue weighted by Gasteiger charge is -2.22. The number of nitrogens with one attached hydrogen (secondary N) is 1. The standard InChI is InChI=1S/C19H24N6O3/c1-5-19(3)15-12(10-28-19)9-20-16(22-15)17(26)21-13-6-7-25-14(8-11(2)23-25)24(4)18(13)27/h8-9,13H,5-7,10H2,1-4H3,(H,21,26)/t13-,19-/m0/s1. The number of nitrogens with zero attached hydrogens (tertiary/aromatic N) is 5. The van der Waals surface area contributed by atoms with Crippen molar-refractivity contribution in [2.75, 3.05) is 11.9 Å². The highest BCUT2D eigenvalue weighted by Gasteiger charge is 2.37. The van der Waals surface area contributed by atoms with Crippen LogP contribution in [0.5, 0.6) is 0 Å². The first-order valence-corrected chi connectivity index (χ1v) is 9.45. The molecule has 2 aliphatic rings. The zero-order valence-corrected chi connectivity index (χ0v) is 16.5. The molecule has 0 bridgehead atoms. The minimum Gasteiger partial charge on any atom is -0.364 e. The van der Waals surface area contributed by atoms with E-state index < -0.39 is 17.6 Å². The highest BCUT2D eigenvalue weighted by molar-refractivity contribution is 6.00. The second-order valence-corrected chi connectivity index (χ2v) is 7.52. The third-order valence-electron chi connectivity index (χ3n) is 5.58. The molecule has 0 radical (unpaired) electrons. The molecule has 0 saturated carbocycles. The van der Waals surface area contributed by atoms with Gasteiger partial charge in [-0.05, 0) is 26.7 Å². The summed E-state index contributed by atoms with van der Waals surface area (Å²) in [4.78, 5) is 35.8. The van der Waals surface area contributed by atoms with Gasteiger partial charge < -0.3 is 10.1 Å². The first-order chi connectivity index (χ1) is 13.3. The van der Waals surface area contributed by atoms with E-state index in [1.165, 1.54) is 4.90 Å². The molecule has 0 spiro atoms. The smallest absolute Gasteiger partial charge is 0.289 e. The fraction of sp³-hybridized carbons (Fsp3) is 0.526. The van der Waals surface area contributed by atoms with E-state index in [9.17, 15) is 9.59 Å². The van der Waals surface area contributed by atoms with Gasteiger partial charge in [-0.2, -0.15) is 5.10 Å². The van der Waals surface area contributed by atoms with Gasteiger partial charge in [-0.25, -0.2) is 14.6 Å². The van der Waals surface area contributed by atoms with Crippen LogP contribution < -0.4 is 10.2 Å². The van der Waals surface area contributed by atoms with Crippen LogP contribution in [-0.4, -0.2) is 44.7 Å². The van der Waals surface area contributed by atoms with Crippen molar-refractivity contribution in [1.29, 1.82) is 0 Å². The number of anilines is 1. The molecular formula is C19H24N6O3. The van der Waals surface area contributed by atoms with Gasteiger partial charge in [0, 0.05) is 31.4 Å². The van der Waals surface area contributed by atoms with Crippen LogP contribution >= 0.6 is 0 Å². The van der Waals surface area contributed by atoms with E-state index >= 15 is 0 Å². The molecule has 4 rings (SSSR count). The Labute approximate surface area is 163 Å². The first kappa shape index (κ1) is 18.5. The maximum atomic E-state index is 12.8. The van der Waals surface area contributed by atoms with Gasteiger partial charge in [-0.15, -0.1) is 0 Å². The molecule has 0 saturated heterocycles. The lowest BCUT2D eigenvalue weighted by molar-refractivity contribution is -0.120. The number of aryl methyl sites for hydroxylation is 2. The Morgan fingerprint density at radius 3 is 3.00 bits per heavy atom. The van der Waals surface area contributed by atoms with Gasteiger partial charge in [-0.3, -0.25) is 14.5 Å². The number of carbonyl (C=O) groups is 2. The molecular weight excluding hydrogens is 360 g/mol. The summed E-state index contributed by atoms with van der Waals surface area (Å²) in [6.07, 6.45) is 2.83. The summed E-state index contributed by atoms with van der Waals surface area (Å²) in [6, 6.07) is 1.20. The fourth-order valence-corrected chi connectivity index (χ4v) is 3.70. The van der Waals surface area contributed by atoms with Crippen LogP contribution in [-0.2, 0) is 28.3 Å². The van der Waals surface area contributed by atoms with Crippen LogP contribution in [0.15, 0.2) is 12.3 Å². The maximum absolute atomic E-state index is 12.8. The van der Waals surface area contributed by atoms with E-state index in [4.69, 9.17) is 4.74 Å². The average Bonchev–Trinajstić information content (AvgIpc) is 3.21. The Kier molecular flexibility index (Phi) is 4.41. The summed E-state index contributed by atoms with van der Waals surface area (Å²) in [6.45, 7) is 6.84. The van der Waals surface area contributed by atoms with Gasteiger partial charge in [-0.1, -0.05) is 6.92 Å². The van der Waals surface area contributed by atoms with Gasteiger partial charge in [0.1, 0.15) is 17.5 Å². The van der Waals surface area contributed by atoms with Crippen molar-refractivity contribution in [2.45, 2.75) is 58.4 Å². The minimum atomic E-state index is -0.662. The summed E-state index contributed by atoms with van der Waals surface area (Å²) >= 11 is 0. The van der Waals surface area contributed by atoms with Crippen LogP contribution in [0.1, 0.15) is 54.3 Å². The third-order valence-corrected chi connectivity index (χ3v) is 5.58. The van der Waals surface area contributed by atoms with Gasteiger partial charge in [0.25, 0.3) is 11.8 Å². The number of rotatable bonds is 3. The fourth-order valence-electron chi connectivity index (χ4n) is 3.70. The summed E-state index contributed by atoms with van der Waals surface area (Å²) in [5.41, 5.74) is 1.98. The molecule has 2 aromatic heterocycles. The summed E-state index contributed by atoms with van der Waals surface area (Å²) in [5, 5.41) is 7.20. The predicted octanol–water partition coefficient (Wildman–Crippen LogP) is 1.30. The number of fused-ring (bicyclic) bond motifs is 2. The number of carbonyl (C=O) groups excluding carboxylic acids is 2. The first-order valence-electron chi connectivity index (χ1n) is 9.45. The molecule has 148 valence electrons. The van der Waals surface area contributed by atoms with Crippen molar-refractivity contribution < 1.29 is 14.3 Å². The van der Waals surface area contributed by atoms with E-state index in [1.807, 2.05) is 26.8 Å². The Morgan fingerprint density at radius 1 is 1.46 bits per heavy atom. The summed E-state index contributed by atoms with van der Waals surface area (Å²) in [7, 11) is 1.69. The molecule has 9 nitrogen and oxygen atoms in total. The van der Waals surface area contributed by atoms with Crippen molar-refractivity contribution in [3.63, 3.8) is 0 Å². The van der Waals surface area contributed by atoms with Crippen molar-refractivity contribution in [3.05, 3.63) is 35.0 Å². The van der Waals surface area contributed by atoms with Crippen LogP contribution in [0.3, 0.4) is 0 Å². The molecule has 0 aromatic carbocycles.